The van der Waals surface area contributed by atoms with E-state index in [1.165, 1.54) is 27.4 Å². The average Bonchev–Trinajstić information content (AvgIpc) is 3.16. The lowest BCUT2D eigenvalue weighted by atomic mass is 10.0. The second-order valence-electron chi connectivity index (χ2n) is 5.64. The van der Waals surface area contributed by atoms with E-state index in [0.29, 0.717) is 34.2 Å². The third-order valence-electron chi connectivity index (χ3n) is 4.14. The van der Waals surface area contributed by atoms with Crippen molar-refractivity contribution in [2.24, 2.45) is 4.99 Å². The summed E-state index contributed by atoms with van der Waals surface area (Å²) in [7, 11) is 4.46. The van der Waals surface area contributed by atoms with Crippen molar-refractivity contribution in [2.45, 2.75) is 6.04 Å². The van der Waals surface area contributed by atoms with Crippen molar-refractivity contribution >= 4 is 11.6 Å². The minimum absolute atomic E-state index is 0.195. The number of amidine groups is 1. The number of nitrogens with zero attached hydrogens (tertiary/aromatic N) is 1. The van der Waals surface area contributed by atoms with Crippen LogP contribution in [0.2, 0.25) is 0 Å². The van der Waals surface area contributed by atoms with E-state index in [4.69, 9.17) is 14.2 Å². The van der Waals surface area contributed by atoms with Gasteiger partial charge in [-0.15, -0.1) is 0 Å². The normalized spacial score (nSPS) is 15.8. The minimum Gasteiger partial charge on any atom is -0.493 e. The van der Waals surface area contributed by atoms with Crippen LogP contribution < -0.4 is 19.5 Å². The van der Waals surface area contributed by atoms with Gasteiger partial charge in [-0.2, -0.15) is 0 Å². The first-order chi connectivity index (χ1) is 12.6. The third-order valence-corrected chi connectivity index (χ3v) is 4.14. The number of rotatable bonds is 6. The molecule has 26 heavy (non-hydrogen) atoms. The van der Waals surface area contributed by atoms with E-state index < -0.39 is 6.04 Å². The summed E-state index contributed by atoms with van der Waals surface area (Å²) < 4.78 is 29.8. The molecule has 1 aliphatic rings. The van der Waals surface area contributed by atoms with Crippen LogP contribution in [0, 0.1) is 5.82 Å². The van der Waals surface area contributed by atoms with Crippen LogP contribution in [0.3, 0.4) is 0 Å². The van der Waals surface area contributed by atoms with Gasteiger partial charge in [0, 0.05) is 5.56 Å². The highest BCUT2D eigenvalue weighted by atomic mass is 19.1. The predicted molar refractivity (Wildman–Crippen MR) is 95.2 cm³/mol. The standard InChI is InChI=1S/C19H19FN2O4/c1-24-15-8-11(9-16(25-2)18(15)26-3)17(23)14-10-21-19(22-14)12-6-4-5-7-13(12)20/h4-9,14H,10H2,1-3H3,(H,21,22). The second-order valence-corrected chi connectivity index (χ2v) is 5.64. The number of hydrogen-bond acceptors (Lipinski definition) is 6. The Labute approximate surface area is 150 Å². The van der Waals surface area contributed by atoms with E-state index in [1.54, 1.807) is 30.3 Å². The second kappa shape index (κ2) is 7.43. The summed E-state index contributed by atoms with van der Waals surface area (Å²) in [5.74, 6) is 0.981. The molecule has 1 N–H and O–H groups in total. The van der Waals surface area contributed by atoms with Crippen LogP contribution in [0.5, 0.6) is 17.2 Å². The van der Waals surface area contributed by atoms with Crippen LogP contribution in [-0.2, 0) is 0 Å². The molecule has 1 heterocycles. The molecular formula is C19H19FN2O4. The zero-order valence-corrected chi connectivity index (χ0v) is 14.7. The predicted octanol–water partition coefficient (Wildman–Crippen LogP) is 2.45. The number of halogens is 1. The first-order valence-electron chi connectivity index (χ1n) is 7.99. The highest BCUT2D eigenvalue weighted by Gasteiger charge is 2.28. The Morgan fingerprint density at radius 3 is 2.35 bits per heavy atom. The molecule has 0 saturated heterocycles. The topological polar surface area (TPSA) is 69.2 Å². The van der Waals surface area contributed by atoms with Crippen molar-refractivity contribution in [2.75, 3.05) is 27.9 Å². The number of methoxy groups -OCH3 is 3. The van der Waals surface area contributed by atoms with Gasteiger partial charge in [-0.3, -0.25) is 9.79 Å². The van der Waals surface area contributed by atoms with Crippen molar-refractivity contribution in [1.29, 1.82) is 0 Å². The van der Waals surface area contributed by atoms with Gasteiger partial charge in [-0.05, 0) is 24.3 Å². The Morgan fingerprint density at radius 2 is 1.77 bits per heavy atom. The molecule has 2 aromatic rings. The van der Waals surface area contributed by atoms with E-state index in [-0.39, 0.29) is 18.1 Å². The van der Waals surface area contributed by atoms with Crippen molar-refractivity contribution in [3.05, 3.63) is 53.3 Å². The number of ketones is 1. The summed E-state index contributed by atoms with van der Waals surface area (Å²) in [6, 6.07) is 8.89. The van der Waals surface area contributed by atoms with Gasteiger partial charge in [0.15, 0.2) is 17.3 Å². The fourth-order valence-electron chi connectivity index (χ4n) is 2.83. The summed E-state index contributed by atoms with van der Waals surface area (Å²) in [6.07, 6.45) is 0. The monoisotopic (exact) mass is 358 g/mol. The quantitative estimate of drug-likeness (QED) is 0.804. The van der Waals surface area contributed by atoms with Crippen molar-refractivity contribution < 1.29 is 23.4 Å². The van der Waals surface area contributed by atoms with Crippen molar-refractivity contribution in [3.8, 4) is 17.2 Å². The number of carbonyl (C=O) groups excluding carboxylic acids is 1. The molecule has 136 valence electrons. The van der Waals surface area contributed by atoms with Gasteiger partial charge in [-0.1, -0.05) is 12.1 Å². The smallest absolute Gasteiger partial charge is 0.203 e. The van der Waals surface area contributed by atoms with Crippen LogP contribution >= 0.6 is 0 Å². The number of nitrogens with one attached hydrogen (secondary N) is 1. The van der Waals surface area contributed by atoms with Crippen LogP contribution in [0.1, 0.15) is 15.9 Å². The average molecular weight is 358 g/mol. The Hall–Kier alpha value is -3.09. The van der Waals surface area contributed by atoms with E-state index in [2.05, 4.69) is 10.3 Å². The molecule has 0 spiro atoms. The van der Waals surface area contributed by atoms with Gasteiger partial charge < -0.3 is 19.5 Å². The van der Waals surface area contributed by atoms with Gasteiger partial charge in [0.05, 0.1) is 33.4 Å². The van der Waals surface area contributed by atoms with Gasteiger partial charge in [0.2, 0.25) is 5.75 Å². The largest absolute Gasteiger partial charge is 0.493 e. The van der Waals surface area contributed by atoms with Crippen molar-refractivity contribution in [1.82, 2.24) is 5.32 Å². The first kappa shape index (κ1) is 17.7. The van der Waals surface area contributed by atoms with Gasteiger partial charge in [0.25, 0.3) is 0 Å². The summed E-state index contributed by atoms with van der Waals surface area (Å²) in [5, 5.41) is 3.00. The Morgan fingerprint density at radius 1 is 1.12 bits per heavy atom. The minimum atomic E-state index is -0.590. The maximum atomic E-state index is 13.9. The fraction of sp³-hybridized carbons (Fsp3) is 0.263. The van der Waals surface area contributed by atoms with E-state index in [9.17, 15) is 9.18 Å². The van der Waals surface area contributed by atoms with Gasteiger partial charge in [-0.25, -0.2) is 4.39 Å². The summed E-state index contributed by atoms with van der Waals surface area (Å²) in [6.45, 7) is 0.221. The first-order valence-corrected chi connectivity index (χ1v) is 7.99. The molecule has 0 aliphatic carbocycles. The molecule has 0 saturated carbocycles. The zero-order chi connectivity index (χ0) is 18.7. The van der Waals surface area contributed by atoms with Gasteiger partial charge in [0.1, 0.15) is 17.7 Å². The lowest BCUT2D eigenvalue weighted by Crippen LogP contribution is -2.38. The number of carbonyl (C=O) groups is 1. The van der Waals surface area contributed by atoms with Crippen LogP contribution in [0.4, 0.5) is 4.39 Å². The summed E-state index contributed by atoms with van der Waals surface area (Å²) >= 11 is 0. The van der Waals surface area contributed by atoms with E-state index in [0.717, 1.165) is 0 Å². The lowest BCUT2D eigenvalue weighted by molar-refractivity contribution is 0.0959. The summed E-state index contributed by atoms with van der Waals surface area (Å²) in [5.41, 5.74) is 0.731. The van der Waals surface area contributed by atoms with E-state index >= 15 is 0 Å². The molecule has 6 nitrogen and oxygen atoms in total. The Balaban J connectivity index is 1.84. The number of benzene rings is 2. The number of Topliss-reactive ketones (excluding diaryl/α,β-unsaturated/α-hetero) is 1. The van der Waals surface area contributed by atoms with Crippen molar-refractivity contribution in [3.63, 3.8) is 0 Å². The fourth-order valence-corrected chi connectivity index (χ4v) is 2.83. The number of ether oxygens (including phenoxy) is 3. The highest BCUT2D eigenvalue weighted by Crippen LogP contribution is 2.38. The molecule has 0 aromatic heterocycles. The Bertz CT molecular complexity index is 841. The molecule has 7 heteroatoms. The summed E-state index contributed by atoms with van der Waals surface area (Å²) in [4.78, 5) is 17.1. The van der Waals surface area contributed by atoms with Crippen LogP contribution in [-0.4, -0.2) is 45.5 Å². The Kier molecular flexibility index (Phi) is 5.06. The zero-order valence-electron chi connectivity index (χ0n) is 14.7. The van der Waals surface area contributed by atoms with Gasteiger partial charge >= 0.3 is 0 Å². The highest BCUT2D eigenvalue weighted by molar-refractivity contribution is 6.08. The lowest BCUT2D eigenvalue weighted by Gasteiger charge is -2.16. The molecular weight excluding hydrogens is 339 g/mol. The van der Waals surface area contributed by atoms with Crippen LogP contribution in [0.15, 0.2) is 41.4 Å². The molecule has 1 aliphatic heterocycles. The van der Waals surface area contributed by atoms with Crippen LogP contribution in [0.25, 0.3) is 0 Å². The molecule has 2 aromatic carbocycles. The molecule has 0 radical (unpaired) electrons. The molecule has 0 fully saturated rings. The molecule has 3 rings (SSSR count). The number of hydrogen-bond donors (Lipinski definition) is 1. The number of aliphatic imine (C=N–C) groups is 1. The molecule has 0 bridgehead atoms. The SMILES string of the molecule is COc1cc(C(=O)C2CN=C(c3ccccc3F)N2)cc(OC)c1OC. The third kappa shape index (κ3) is 3.20. The molecule has 1 unspecified atom stereocenters. The molecule has 0 amide bonds. The molecule has 1 atom stereocenters. The van der Waals surface area contributed by atoms with E-state index in [1.807, 2.05) is 0 Å². The maximum absolute atomic E-state index is 13.9. The maximum Gasteiger partial charge on any atom is 0.203 e.